The highest BCUT2D eigenvalue weighted by atomic mass is 19.4. The van der Waals surface area contributed by atoms with Crippen LogP contribution in [0.25, 0.3) is 0 Å². The lowest BCUT2D eigenvalue weighted by Gasteiger charge is -2.43. The average Bonchev–Trinajstić information content (AvgIpc) is 2.68. The summed E-state index contributed by atoms with van der Waals surface area (Å²) >= 11 is 0. The number of halogens is 3. The minimum Gasteiger partial charge on any atom is -0.491 e. The lowest BCUT2D eigenvalue weighted by atomic mass is 9.94. The zero-order valence-electron chi connectivity index (χ0n) is 13.8. The Labute approximate surface area is 147 Å². The summed E-state index contributed by atoms with van der Waals surface area (Å²) in [6.45, 7) is -0.750. The van der Waals surface area contributed by atoms with E-state index in [-0.39, 0.29) is 18.9 Å². The predicted molar refractivity (Wildman–Crippen MR) is 84.4 cm³/mol. The molecule has 2 amide bonds. The van der Waals surface area contributed by atoms with Crippen molar-refractivity contribution in [1.29, 1.82) is 0 Å². The Morgan fingerprint density at radius 2 is 2.04 bits per heavy atom. The summed E-state index contributed by atoms with van der Waals surface area (Å²) < 4.78 is 42.5. The molecule has 1 saturated heterocycles. The average molecular weight is 368 g/mol. The third kappa shape index (κ3) is 3.46. The molecule has 6 nitrogen and oxygen atoms in total. The molecule has 1 aromatic carbocycles. The van der Waals surface area contributed by atoms with E-state index in [1.807, 2.05) is 0 Å². The van der Waals surface area contributed by atoms with Crippen LogP contribution in [-0.4, -0.2) is 60.3 Å². The number of carbonyl (C=O) groups excluding carboxylic acids is 2. The number of anilines is 1. The predicted octanol–water partition coefficient (Wildman–Crippen LogP) is 0.919. The van der Waals surface area contributed by atoms with E-state index in [1.165, 1.54) is 4.90 Å². The highest BCUT2D eigenvalue weighted by Crippen LogP contribution is 2.32. The van der Waals surface area contributed by atoms with Crippen LogP contribution in [-0.2, 0) is 9.59 Å². The van der Waals surface area contributed by atoms with Crippen molar-refractivity contribution in [2.45, 2.75) is 18.2 Å². The Balaban J connectivity index is 1.75. The van der Waals surface area contributed by atoms with E-state index in [2.05, 4.69) is 11.8 Å². The Morgan fingerprint density at radius 3 is 2.69 bits per heavy atom. The van der Waals surface area contributed by atoms with Gasteiger partial charge in [-0.3, -0.25) is 9.59 Å². The van der Waals surface area contributed by atoms with Crippen molar-refractivity contribution in [3.05, 3.63) is 23.8 Å². The van der Waals surface area contributed by atoms with Crippen LogP contribution in [0.3, 0.4) is 0 Å². The first-order valence-corrected chi connectivity index (χ1v) is 7.74. The van der Waals surface area contributed by atoms with Crippen molar-refractivity contribution in [3.8, 4) is 17.6 Å². The van der Waals surface area contributed by atoms with Gasteiger partial charge >= 0.3 is 12.1 Å². The zero-order valence-corrected chi connectivity index (χ0v) is 13.8. The van der Waals surface area contributed by atoms with Gasteiger partial charge in [-0.1, -0.05) is 11.8 Å². The van der Waals surface area contributed by atoms with Crippen LogP contribution in [0, 0.1) is 11.8 Å². The Kier molecular flexibility index (Phi) is 4.32. The molecule has 26 heavy (non-hydrogen) atoms. The first kappa shape index (κ1) is 18.1. The molecule has 0 spiro atoms. The minimum atomic E-state index is -4.97. The fraction of sp³-hybridized carbons (Fsp3) is 0.412. The molecule has 1 N–H and O–H groups in total. The fourth-order valence-electron chi connectivity index (χ4n) is 2.71. The zero-order chi connectivity index (χ0) is 19.1. The number of carbonyl (C=O) groups is 2. The second kappa shape index (κ2) is 6.21. The van der Waals surface area contributed by atoms with Crippen molar-refractivity contribution in [2.75, 3.05) is 31.6 Å². The first-order chi connectivity index (χ1) is 12.1. The second-order valence-electron chi connectivity index (χ2n) is 6.17. The molecule has 0 aliphatic carbocycles. The maximum atomic E-state index is 12.3. The van der Waals surface area contributed by atoms with Crippen LogP contribution < -0.4 is 9.64 Å². The molecule has 3 rings (SSSR count). The van der Waals surface area contributed by atoms with Crippen LogP contribution in [0.5, 0.6) is 5.75 Å². The van der Waals surface area contributed by atoms with Gasteiger partial charge in [-0.25, -0.2) is 0 Å². The normalized spacial score (nSPS) is 18.7. The number of hydrogen-bond donors (Lipinski definition) is 1. The van der Waals surface area contributed by atoms with Crippen LogP contribution in [0.1, 0.15) is 12.0 Å². The van der Waals surface area contributed by atoms with Gasteiger partial charge in [0.05, 0.1) is 31.8 Å². The molecule has 2 aliphatic heterocycles. The lowest BCUT2D eigenvalue weighted by molar-refractivity contribution is -0.198. The lowest BCUT2D eigenvalue weighted by Crippen LogP contribution is -2.65. The van der Waals surface area contributed by atoms with Gasteiger partial charge in [0.1, 0.15) is 5.75 Å². The van der Waals surface area contributed by atoms with Gasteiger partial charge in [0.25, 0.3) is 0 Å². The molecule has 0 aromatic heterocycles. The molecular formula is C17H15F3N2O4. The third-order valence-corrected chi connectivity index (χ3v) is 4.14. The molecular weight excluding hydrogens is 353 g/mol. The molecule has 2 heterocycles. The number of nitrogens with zero attached hydrogens (tertiary/aromatic N) is 2. The molecule has 0 radical (unpaired) electrons. The van der Waals surface area contributed by atoms with Crippen molar-refractivity contribution >= 4 is 17.5 Å². The first-order valence-electron chi connectivity index (χ1n) is 7.74. The number of alkyl halides is 3. The van der Waals surface area contributed by atoms with Gasteiger partial charge in [-0.15, -0.1) is 0 Å². The van der Waals surface area contributed by atoms with Crippen LogP contribution in [0.15, 0.2) is 18.2 Å². The number of fused-ring (bicyclic) bond motifs is 1. The van der Waals surface area contributed by atoms with Gasteiger partial charge in [0.15, 0.2) is 5.60 Å². The number of ether oxygens (including phenoxy) is 1. The number of β-amino-alcohol motifs (C(OH)–C–C–N with tert-alkyl or cyclic N) is 1. The number of rotatable bonds is 0. The Hall–Kier alpha value is -2.73. The molecule has 0 unspecified atom stereocenters. The second-order valence-corrected chi connectivity index (χ2v) is 6.17. The van der Waals surface area contributed by atoms with Gasteiger partial charge in [-0.2, -0.15) is 13.2 Å². The van der Waals surface area contributed by atoms with Gasteiger partial charge in [0.2, 0.25) is 5.91 Å². The largest absolute Gasteiger partial charge is 0.491 e. The molecule has 0 saturated carbocycles. The third-order valence-electron chi connectivity index (χ3n) is 4.14. The van der Waals surface area contributed by atoms with Gasteiger partial charge in [0, 0.05) is 12.6 Å². The maximum Gasteiger partial charge on any atom is 0.471 e. The molecule has 0 bridgehead atoms. The van der Waals surface area contributed by atoms with Crippen molar-refractivity contribution < 1.29 is 32.6 Å². The van der Waals surface area contributed by atoms with Crippen molar-refractivity contribution in [1.82, 2.24) is 4.90 Å². The van der Waals surface area contributed by atoms with Crippen LogP contribution >= 0.6 is 0 Å². The van der Waals surface area contributed by atoms with E-state index >= 15 is 0 Å². The monoisotopic (exact) mass is 368 g/mol. The van der Waals surface area contributed by atoms with E-state index in [1.54, 1.807) is 25.2 Å². The summed E-state index contributed by atoms with van der Waals surface area (Å²) in [6, 6.07) is 4.86. The Morgan fingerprint density at radius 1 is 1.35 bits per heavy atom. The highest BCUT2D eigenvalue weighted by Gasteiger charge is 2.51. The number of aliphatic hydroxyl groups is 1. The summed E-state index contributed by atoms with van der Waals surface area (Å²) in [7, 11) is 1.60. The van der Waals surface area contributed by atoms with E-state index in [0.29, 0.717) is 21.9 Å². The Bertz CT molecular complexity index is 820. The smallest absolute Gasteiger partial charge is 0.471 e. The quantitative estimate of drug-likeness (QED) is 0.692. The SMILES string of the molecule is CN1C(=O)CCOc2ccc(C#CC3(O)CN(C(=O)C(F)(F)F)C3)cc21. The molecule has 138 valence electrons. The summed E-state index contributed by atoms with van der Waals surface area (Å²) in [6.07, 6.45) is -4.72. The summed E-state index contributed by atoms with van der Waals surface area (Å²) in [5.74, 6) is 3.58. The highest BCUT2D eigenvalue weighted by molar-refractivity contribution is 5.95. The standard InChI is InChI=1S/C17H15F3N2O4/c1-21-12-8-11(2-3-13(12)26-7-5-14(21)23)4-6-16(25)9-22(10-16)15(24)17(18,19)20/h2-3,8,25H,5,7,9-10H2,1H3. The molecule has 2 aliphatic rings. The van der Waals surface area contributed by atoms with Crippen LogP contribution in [0.4, 0.5) is 18.9 Å². The van der Waals surface area contributed by atoms with Crippen molar-refractivity contribution in [2.24, 2.45) is 0 Å². The molecule has 9 heteroatoms. The topological polar surface area (TPSA) is 70.1 Å². The number of amides is 2. The summed E-state index contributed by atoms with van der Waals surface area (Å²) in [4.78, 5) is 24.9. The number of hydrogen-bond acceptors (Lipinski definition) is 4. The maximum absolute atomic E-state index is 12.3. The van der Waals surface area contributed by atoms with E-state index in [0.717, 1.165) is 0 Å². The molecule has 1 aromatic rings. The summed E-state index contributed by atoms with van der Waals surface area (Å²) in [5, 5.41) is 10.1. The van der Waals surface area contributed by atoms with E-state index in [9.17, 15) is 27.9 Å². The van der Waals surface area contributed by atoms with Gasteiger partial charge < -0.3 is 19.6 Å². The molecule has 1 fully saturated rings. The minimum absolute atomic E-state index is 0.118. The number of benzene rings is 1. The molecule has 0 atom stereocenters. The van der Waals surface area contributed by atoms with E-state index in [4.69, 9.17) is 4.74 Å². The number of likely N-dealkylation sites (tertiary alicyclic amines) is 1. The van der Waals surface area contributed by atoms with E-state index < -0.39 is 30.8 Å². The summed E-state index contributed by atoms with van der Waals surface area (Å²) in [5.41, 5.74) is -0.706. The van der Waals surface area contributed by atoms with Crippen molar-refractivity contribution in [3.63, 3.8) is 0 Å². The van der Waals surface area contributed by atoms with Gasteiger partial charge in [-0.05, 0) is 18.2 Å². The van der Waals surface area contributed by atoms with Crippen LogP contribution in [0.2, 0.25) is 0 Å². The fourth-order valence-corrected chi connectivity index (χ4v) is 2.71.